The molecule has 7 heteroatoms. The second-order valence-electron chi connectivity index (χ2n) is 4.50. The van der Waals surface area contributed by atoms with Gasteiger partial charge in [-0.15, -0.1) is 0 Å². The third-order valence-corrected chi connectivity index (χ3v) is 3.32. The molecule has 0 saturated carbocycles. The maximum absolute atomic E-state index is 13.6. The lowest BCUT2D eigenvalue weighted by Crippen LogP contribution is -2.41. The number of benzene rings is 1. The highest BCUT2D eigenvalue weighted by Crippen LogP contribution is 2.24. The van der Waals surface area contributed by atoms with Crippen LogP contribution in [0.1, 0.15) is 16.8 Å². The first-order valence-electron chi connectivity index (χ1n) is 5.96. The van der Waals surface area contributed by atoms with Gasteiger partial charge in [-0.25, -0.2) is 13.6 Å². The summed E-state index contributed by atoms with van der Waals surface area (Å²) in [6, 6.07) is 1.90. The maximum atomic E-state index is 13.6. The van der Waals surface area contributed by atoms with Crippen LogP contribution >= 0.6 is 0 Å². The molecule has 0 spiro atoms. The predicted octanol–water partition coefficient (Wildman–Crippen LogP) is 1.28. The molecule has 5 nitrogen and oxygen atoms in total. The van der Waals surface area contributed by atoms with E-state index >= 15 is 0 Å². The minimum atomic E-state index is -1.23. The van der Waals surface area contributed by atoms with Gasteiger partial charge in [0.1, 0.15) is 23.2 Å². The van der Waals surface area contributed by atoms with Gasteiger partial charge in [0.2, 0.25) is 0 Å². The highest BCUT2D eigenvalue weighted by atomic mass is 19.1. The van der Waals surface area contributed by atoms with Crippen LogP contribution in [0.4, 0.5) is 8.78 Å². The van der Waals surface area contributed by atoms with Crippen LogP contribution in [0.2, 0.25) is 0 Å². The van der Waals surface area contributed by atoms with E-state index in [9.17, 15) is 18.4 Å². The lowest BCUT2D eigenvalue weighted by molar-refractivity contribution is -0.141. The fraction of sp³-hybridized carbons (Fsp3) is 0.385. The Labute approximate surface area is 113 Å². The topological polar surface area (TPSA) is 66.8 Å². The van der Waals surface area contributed by atoms with Crippen molar-refractivity contribution in [3.05, 3.63) is 35.4 Å². The van der Waals surface area contributed by atoms with Crippen LogP contribution in [-0.2, 0) is 9.53 Å². The molecule has 20 heavy (non-hydrogen) atoms. The molecule has 1 N–H and O–H groups in total. The number of carbonyl (C=O) groups excluding carboxylic acids is 1. The minimum Gasteiger partial charge on any atom is -0.480 e. The summed E-state index contributed by atoms with van der Waals surface area (Å²) in [6.07, 6.45) is -0.372. The minimum absolute atomic E-state index is 0.0138. The molecule has 0 bridgehead atoms. The Balaban J connectivity index is 2.34. The molecule has 2 unspecified atom stereocenters. The average Bonchev–Trinajstić information content (AvgIpc) is 2.82. The van der Waals surface area contributed by atoms with Crippen LogP contribution in [0, 0.1) is 11.6 Å². The standard InChI is InChI=1S/C13H13F2NO4/c1-20-7-5-10(13(18)19)16(6-7)12(17)11-8(14)3-2-4-9(11)15/h2-4,7,10H,5-6H2,1H3,(H,18,19). The van der Waals surface area contributed by atoms with Gasteiger partial charge in [-0.3, -0.25) is 4.79 Å². The number of likely N-dealkylation sites (tertiary alicyclic amines) is 1. The zero-order valence-corrected chi connectivity index (χ0v) is 10.7. The molecule has 108 valence electrons. The molecule has 0 radical (unpaired) electrons. The molecule has 1 aromatic rings. The van der Waals surface area contributed by atoms with Crippen LogP contribution in [0.3, 0.4) is 0 Å². The van der Waals surface area contributed by atoms with Crippen molar-refractivity contribution in [3.8, 4) is 0 Å². The van der Waals surface area contributed by atoms with Crippen LogP contribution < -0.4 is 0 Å². The maximum Gasteiger partial charge on any atom is 0.326 e. The zero-order valence-electron chi connectivity index (χ0n) is 10.7. The summed E-state index contributed by atoms with van der Waals surface area (Å²) in [5, 5.41) is 9.09. The summed E-state index contributed by atoms with van der Waals surface area (Å²) in [5.41, 5.74) is -0.740. The molecular formula is C13H13F2NO4. The second-order valence-corrected chi connectivity index (χ2v) is 4.50. The summed E-state index contributed by atoms with van der Waals surface area (Å²) in [6.45, 7) is -0.0138. The van der Waals surface area contributed by atoms with Gasteiger partial charge < -0.3 is 14.7 Å². The number of nitrogens with zero attached hydrogens (tertiary/aromatic N) is 1. The van der Waals surface area contributed by atoms with Gasteiger partial charge in [-0.1, -0.05) is 6.07 Å². The number of methoxy groups -OCH3 is 1. The molecule has 1 heterocycles. The van der Waals surface area contributed by atoms with E-state index in [1.807, 2.05) is 0 Å². The van der Waals surface area contributed by atoms with E-state index in [4.69, 9.17) is 9.84 Å². The molecule has 2 rings (SSSR count). The van der Waals surface area contributed by atoms with Crippen molar-refractivity contribution < 1.29 is 28.2 Å². The average molecular weight is 285 g/mol. The Hall–Kier alpha value is -2.02. The number of carboxylic acids is 1. The Morgan fingerprint density at radius 2 is 1.95 bits per heavy atom. The third kappa shape index (κ3) is 2.49. The van der Waals surface area contributed by atoms with Crippen molar-refractivity contribution in [2.24, 2.45) is 0 Å². The van der Waals surface area contributed by atoms with Crippen molar-refractivity contribution in [2.75, 3.05) is 13.7 Å². The Kier molecular flexibility index (Phi) is 3.99. The molecule has 1 aliphatic heterocycles. The van der Waals surface area contributed by atoms with E-state index in [1.54, 1.807) is 0 Å². The van der Waals surface area contributed by atoms with E-state index in [1.165, 1.54) is 7.11 Å². The monoisotopic (exact) mass is 285 g/mol. The smallest absolute Gasteiger partial charge is 0.326 e. The summed E-state index contributed by atoms with van der Waals surface area (Å²) >= 11 is 0. The number of hydrogen-bond acceptors (Lipinski definition) is 3. The first-order valence-corrected chi connectivity index (χ1v) is 5.96. The van der Waals surface area contributed by atoms with Gasteiger partial charge in [0.25, 0.3) is 5.91 Å². The second kappa shape index (κ2) is 5.54. The number of amides is 1. The van der Waals surface area contributed by atoms with Crippen molar-refractivity contribution >= 4 is 11.9 Å². The molecule has 2 atom stereocenters. The van der Waals surface area contributed by atoms with Crippen LogP contribution in [0.5, 0.6) is 0 Å². The number of carbonyl (C=O) groups is 2. The molecular weight excluding hydrogens is 272 g/mol. The fourth-order valence-corrected chi connectivity index (χ4v) is 2.27. The van der Waals surface area contributed by atoms with Crippen molar-refractivity contribution in [1.29, 1.82) is 0 Å². The summed E-state index contributed by atoms with van der Waals surface area (Å²) in [7, 11) is 1.39. The summed E-state index contributed by atoms with van der Waals surface area (Å²) < 4.78 is 32.2. The first kappa shape index (κ1) is 14.4. The van der Waals surface area contributed by atoms with Crippen molar-refractivity contribution in [3.63, 3.8) is 0 Å². The van der Waals surface area contributed by atoms with Crippen LogP contribution in [-0.4, -0.2) is 47.7 Å². The van der Waals surface area contributed by atoms with E-state index < -0.39 is 41.2 Å². The SMILES string of the molecule is COC1CC(C(=O)O)N(C(=O)c2c(F)cccc2F)C1. The normalized spacial score (nSPS) is 22.1. The summed E-state index contributed by atoms with van der Waals surface area (Å²) in [5.74, 6) is -4.23. The molecule has 0 aliphatic carbocycles. The van der Waals surface area contributed by atoms with E-state index in [2.05, 4.69) is 0 Å². The molecule has 1 aromatic carbocycles. The van der Waals surface area contributed by atoms with Gasteiger partial charge in [-0.2, -0.15) is 0 Å². The van der Waals surface area contributed by atoms with Gasteiger partial charge in [-0.05, 0) is 12.1 Å². The highest BCUT2D eigenvalue weighted by Gasteiger charge is 2.41. The molecule has 1 saturated heterocycles. The van der Waals surface area contributed by atoms with Gasteiger partial charge in [0, 0.05) is 20.1 Å². The lowest BCUT2D eigenvalue weighted by Gasteiger charge is -2.21. The number of rotatable bonds is 3. The number of aliphatic carboxylic acids is 1. The fourth-order valence-electron chi connectivity index (χ4n) is 2.27. The Morgan fingerprint density at radius 1 is 1.35 bits per heavy atom. The predicted molar refractivity (Wildman–Crippen MR) is 64.2 cm³/mol. The van der Waals surface area contributed by atoms with E-state index in [-0.39, 0.29) is 13.0 Å². The largest absolute Gasteiger partial charge is 0.480 e. The molecule has 0 aromatic heterocycles. The molecule has 1 fully saturated rings. The van der Waals surface area contributed by atoms with Crippen LogP contribution in [0.15, 0.2) is 18.2 Å². The third-order valence-electron chi connectivity index (χ3n) is 3.32. The van der Waals surface area contributed by atoms with Gasteiger partial charge in [0.05, 0.1) is 6.10 Å². The number of halogens is 2. The van der Waals surface area contributed by atoms with Crippen LogP contribution in [0.25, 0.3) is 0 Å². The number of hydrogen-bond donors (Lipinski definition) is 1. The lowest BCUT2D eigenvalue weighted by atomic mass is 10.1. The van der Waals surface area contributed by atoms with E-state index in [0.29, 0.717) is 0 Å². The van der Waals surface area contributed by atoms with Crippen molar-refractivity contribution in [1.82, 2.24) is 4.90 Å². The highest BCUT2D eigenvalue weighted by molar-refractivity contribution is 5.97. The summed E-state index contributed by atoms with van der Waals surface area (Å²) in [4.78, 5) is 24.3. The first-order chi connectivity index (χ1) is 9.45. The number of carboxylic acid groups (broad SMARTS) is 1. The van der Waals surface area contributed by atoms with Crippen molar-refractivity contribution in [2.45, 2.75) is 18.6 Å². The Bertz CT molecular complexity index is 529. The van der Waals surface area contributed by atoms with E-state index in [0.717, 1.165) is 23.1 Å². The van der Waals surface area contributed by atoms with Gasteiger partial charge >= 0.3 is 5.97 Å². The quantitative estimate of drug-likeness (QED) is 0.908. The van der Waals surface area contributed by atoms with Gasteiger partial charge in [0.15, 0.2) is 0 Å². The zero-order chi connectivity index (χ0) is 14.9. The molecule has 1 amide bonds. The number of ether oxygens (including phenoxy) is 1. The molecule has 1 aliphatic rings. The Morgan fingerprint density at radius 3 is 2.45 bits per heavy atom.